The lowest BCUT2D eigenvalue weighted by atomic mass is 10.1. The zero-order valence-electron chi connectivity index (χ0n) is 80.3. The van der Waals surface area contributed by atoms with Gasteiger partial charge in [-0.3, -0.25) is 4.79 Å². The van der Waals surface area contributed by atoms with Crippen LogP contribution in [0, 0.1) is 80.9 Å². The third-order valence-electron chi connectivity index (χ3n) is 23.3. The Balaban J connectivity index is 0.000000124. The fraction of sp³-hybridized carbons (Fsp3) is 0.225. The van der Waals surface area contributed by atoms with Gasteiger partial charge in [0, 0.05) is 143 Å². The predicted molar refractivity (Wildman–Crippen MR) is 538 cm³/mol. The van der Waals surface area contributed by atoms with Gasteiger partial charge in [-0.25, -0.2) is 33.7 Å². The van der Waals surface area contributed by atoms with E-state index in [0.717, 1.165) is 210 Å². The maximum Gasteiger partial charge on any atom is 0.254 e. The summed E-state index contributed by atoms with van der Waals surface area (Å²) < 4.78 is 56.2. The van der Waals surface area contributed by atoms with E-state index in [4.69, 9.17) is 55.4 Å². The molecule has 15 aromatic rings. The lowest BCUT2D eigenvalue weighted by Gasteiger charge is -2.06. The number of hydrogen-bond acceptors (Lipinski definition) is 12. The number of H-pyrrole nitrogens is 10. The van der Waals surface area contributed by atoms with Crippen molar-refractivity contribution in [3.8, 4) is 28.7 Å². The number of halogens is 3. The summed E-state index contributed by atoms with van der Waals surface area (Å²) in [5.74, 6) is 3.09. The number of carbonyl (C=O) groups is 1. The number of nitrogens with one attached hydrogen (secondary N) is 11. The average Bonchev–Trinajstić information content (AvgIpc) is 1.61. The molecule has 0 radical (unpaired) electrons. The van der Waals surface area contributed by atoms with Gasteiger partial charge >= 0.3 is 0 Å². The van der Waals surface area contributed by atoms with E-state index in [1.165, 1.54) is 46.5 Å². The minimum absolute atomic E-state index is 0.0256. The van der Waals surface area contributed by atoms with Crippen LogP contribution in [0.25, 0.3) is 88.2 Å². The number of methoxy groups -OCH3 is 2. The van der Waals surface area contributed by atoms with Crippen LogP contribution in [0.1, 0.15) is 140 Å². The number of hydrogen-bond donors (Lipinski definition) is 12. The molecule has 0 unspecified atom stereocenters. The number of carbonyl (C=O) groups excluding carboxylic acids is 1. The highest BCUT2D eigenvalue weighted by molar-refractivity contribution is 6.30. The minimum atomic E-state index is -0.283. The number of rotatable bonds is 17. The van der Waals surface area contributed by atoms with Gasteiger partial charge in [0.15, 0.2) is 0 Å². The molecule has 0 aliphatic carbocycles. The van der Waals surface area contributed by atoms with E-state index in [1.54, 1.807) is 26.4 Å². The smallest absolute Gasteiger partial charge is 0.254 e. The van der Waals surface area contributed by atoms with Crippen LogP contribution in [0.5, 0.6) is 28.7 Å². The third kappa shape index (κ3) is 21.8. The van der Waals surface area contributed by atoms with Crippen molar-refractivity contribution in [2.24, 2.45) is 25.0 Å². The molecule has 23 nitrogen and oxygen atoms in total. The van der Waals surface area contributed by atoms with Gasteiger partial charge in [0.2, 0.25) is 0 Å². The Hall–Kier alpha value is -15.5. The van der Waals surface area contributed by atoms with Gasteiger partial charge in [-0.2, -0.15) is 0 Å². The van der Waals surface area contributed by atoms with E-state index >= 15 is 0 Å². The van der Waals surface area contributed by atoms with Crippen molar-refractivity contribution < 1.29 is 42.4 Å². The molecule has 700 valence electrons. The highest BCUT2D eigenvalue weighted by atomic mass is 35.5. The number of para-hydroxylation sites is 2. The fourth-order valence-electron chi connectivity index (χ4n) is 17.0. The van der Waals surface area contributed by atoms with Gasteiger partial charge < -0.3 is 83.9 Å². The van der Waals surface area contributed by atoms with Gasteiger partial charge in [0.1, 0.15) is 46.1 Å². The lowest BCUT2D eigenvalue weighted by Crippen LogP contribution is -2.32. The highest BCUT2D eigenvalue weighted by Crippen LogP contribution is 2.22. The molecule has 5 aliphatic heterocycles. The van der Waals surface area contributed by atoms with Crippen LogP contribution in [0.15, 0.2) is 189 Å². The number of benzene rings is 5. The van der Waals surface area contributed by atoms with Crippen molar-refractivity contribution in [3.05, 3.63) is 372 Å². The van der Waals surface area contributed by atoms with Gasteiger partial charge in [0.05, 0.1) is 141 Å². The van der Waals surface area contributed by atoms with E-state index in [9.17, 15) is 13.6 Å². The van der Waals surface area contributed by atoms with Gasteiger partial charge in [-0.1, -0.05) is 54.1 Å². The Morgan fingerprint density at radius 3 is 1.25 bits per heavy atom. The normalized spacial score (nSPS) is 15.6. The lowest BCUT2D eigenvalue weighted by molar-refractivity contribution is -0.115. The molecular formula is C111H113ClF2N16O7. The summed E-state index contributed by atoms with van der Waals surface area (Å²) in [6, 6.07) is 51.1. The van der Waals surface area contributed by atoms with Crippen molar-refractivity contribution in [1.82, 2.24) is 55.2 Å². The number of aromatic nitrogens is 10. The van der Waals surface area contributed by atoms with E-state index in [2.05, 4.69) is 168 Å². The zero-order valence-corrected chi connectivity index (χ0v) is 81.1. The molecule has 0 fully saturated rings. The number of aryl methyl sites for hydroxylation is 10. The van der Waals surface area contributed by atoms with Crippen LogP contribution < -0.4 is 135 Å². The van der Waals surface area contributed by atoms with Crippen molar-refractivity contribution in [2.75, 3.05) is 27.4 Å². The molecule has 5 aromatic carbocycles. The second-order valence-corrected chi connectivity index (χ2v) is 35.9. The van der Waals surface area contributed by atoms with E-state index in [1.807, 2.05) is 191 Å². The van der Waals surface area contributed by atoms with E-state index in [-0.39, 0.29) is 42.5 Å². The first-order valence-corrected chi connectivity index (χ1v) is 46.1. The SMILES string of the molecule is COc1cc(=C2C=c3ccccc3=N2)[nH]/c1=C(\C)c1[nH]c(C)cc1C.COc1cc(=C2N=c3ccccc3=C2C(=O)NCCCO)[nH]/c1=C\c1[nH]c(C)cc1C.Cc1cc(C)c(/C=c2/[nH]c(=C3C=c4cc(F)ccc4=N3)cc2OC(C)C)[nH]1.Cc1cc(C)c(/C=c2\[nH]c(=C3C=c4ccc(Cl)cc4=N3)cc2OC(C)C)[nH]1.Cc1cc(C)c(/C=c2\[nH]c(=C3C=c4ccc(F)cc4=N3)cc2OC(C)C)[nH]1. The largest absolute Gasteiger partial charge is 0.494 e. The van der Waals surface area contributed by atoms with E-state index in [0.29, 0.717) is 45.7 Å². The molecule has 1 amide bonds. The summed E-state index contributed by atoms with van der Waals surface area (Å²) in [6.07, 6.45) is 16.9. The second kappa shape index (κ2) is 40.8. The molecule has 0 atom stereocenters. The Labute approximate surface area is 793 Å². The van der Waals surface area contributed by atoms with Crippen LogP contribution in [0.2, 0.25) is 5.02 Å². The molecule has 0 spiro atoms. The average molecular weight is 1860 g/mol. The van der Waals surface area contributed by atoms with Crippen molar-refractivity contribution in [2.45, 2.75) is 142 Å². The summed E-state index contributed by atoms with van der Waals surface area (Å²) in [6.45, 7) is 35.2. The molecular weight excluding hydrogens is 1740 g/mol. The molecule has 137 heavy (non-hydrogen) atoms. The van der Waals surface area contributed by atoms with E-state index < -0.39 is 0 Å². The van der Waals surface area contributed by atoms with Crippen LogP contribution >= 0.6 is 11.6 Å². The van der Waals surface area contributed by atoms with Crippen LogP contribution in [0.3, 0.4) is 0 Å². The molecule has 10 aromatic heterocycles. The summed E-state index contributed by atoms with van der Waals surface area (Å²) in [5.41, 5.74) is 22.3. The molecule has 0 saturated heterocycles. The number of amides is 1. The van der Waals surface area contributed by atoms with Crippen LogP contribution in [-0.4, -0.2) is 107 Å². The molecule has 26 heteroatoms. The number of aliphatic hydroxyl groups excluding tert-OH is 1. The van der Waals surface area contributed by atoms with Gasteiger partial charge in [0.25, 0.3) is 5.91 Å². The summed E-state index contributed by atoms with van der Waals surface area (Å²) in [4.78, 5) is 70.4. The molecule has 0 bridgehead atoms. The predicted octanol–water partition coefficient (Wildman–Crippen LogP) is 7.62. The summed E-state index contributed by atoms with van der Waals surface area (Å²) in [7, 11) is 3.32. The number of aliphatic hydroxyl groups is 1. The monoisotopic (exact) mass is 1850 g/mol. The van der Waals surface area contributed by atoms with Crippen molar-refractivity contribution in [3.63, 3.8) is 0 Å². The molecule has 15 heterocycles. The van der Waals surface area contributed by atoms with Crippen LogP contribution in [-0.2, 0) is 4.79 Å². The van der Waals surface area contributed by atoms with Gasteiger partial charge in [-0.05, 0) is 285 Å². The Morgan fingerprint density at radius 2 is 0.788 bits per heavy atom. The number of fused-ring (bicyclic) bond motifs is 5. The second-order valence-electron chi connectivity index (χ2n) is 35.5. The number of nitrogens with zero attached hydrogens (tertiary/aromatic N) is 5. The Morgan fingerprint density at radius 1 is 0.401 bits per heavy atom. The fourth-order valence-corrected chi connectivity index (χ4v) is 17.2. The summed E-state index contributed by atoms with van der Waals surface area (Å²) >= 11 is 6.09. The number of aromatic amines is 10. The first-order valence-electron chi connectivity index (χ1n) is 45.7. The minimum Gasteiger partial charge on any atom is -0.494 e. The van der Waals surface area contributed by atoms with Crippen LogP contribution in [0.4, 0.5) is 8.78 Å². The third-order valence-corrected chi connectivity index (χ3v) is 23.5. The number of ether oxygens (including phenoxy) is 5. The first kappa shape index (κ1) is 94.7. The Bertz CT molecular complexity index is 8210. The maximum atomic E-state index is 13.5. The first-order chi connectivity index (χ1) is 65.7. The Kier molecular flexibility index (Phi) is 28.2. The molecule has 12 N–H and O–H groups in total. The van der Waals surface area contributed by atoms with Crippen molar-refractivity contribution >= 4 is 106 Å². The molecule has 0 saturated carbocycles. The highest BCUT2D eigenvalue weighted by Gasteiger charge is 2.24. The molecule has 20 rings (SSSR count). The maximum absolute atomic E-state index is 13.5. The zero-order chi connectivity index (χ0) is 96.9. The molecule has 5 aliphatic rings. The quantitative estimate of drug-likeness (QED) is 0.0404. The van der Waals surface area contributed by atoms with Crippen molar-refractivity contribution in [1.29, 1.82) is 0 Å². The topological polar surface area (TPSA) is 315 Å². The summed E-state index contributed by atoms with van der Waals surface area (Å²) in [5, 5.41) is 30.1. The standard InChI is InChI=1S/C24H26N4O3.C22H22ClN3O.2C22H22FN3O.C21H21N3O/c1-14-11-15(2)26-18(14)12-19-21(31-3)13-20(27-19)23-22(24(30)25-9-6-10-29)16-7-4-5-8-17(16)28-23;1-12(2)27-22-11-20(19-8-15-5-6-16(23)9-18(15)25-19)26-21(22)10-17-13(3)7-14(4)24-17;1-12(2)27-22-11-20(19-9-15-8-16(23)5-6-17(15)25-19)26-21(22)10-18-13(3)7-14(4)24-18;1-12(2)27-22-11-20(19-8-15-5-6-16(23)9-18(15)25-19)26-21(22)10-17-13(3)7-14(4)24-17;1-12-9-13(2)22-20(12)14(3)21-19(25-4)11-18(24-21)17-10-15-7-5-6-8-16(15)23-17/h4-5,7-8,11-13,26-27,29H,6,9-10H2,1-3H3,(H,25,30);3*5-12,24,26H,1-4H3;5-11,22,24H,1-4H3/b19-12-,23-20?;20-19?,21-10-;20-19?,21-10+;20-19?,21-10-;18-17?,21-14+. The van der Waals surface area contributed by atoms with Gasteiger partial charge in [-0.15, -0.1) is 0 Å².